The second-order valence-corrected chi connectivity index (χ2v) is 11.0. The van der Waals surface area contributed by atoms with Crippen molar-refractivity contribution in [3.05, 3.63) is 28.2 Å². The SMILES string of the molecule is CC[C@H](NS(=O)(=O)c1cc(Cl)ccc1Cl)C12CC3CC(CC(C3)C1)C2. The molecule has 1 N–H and O–H groups in total. The Labute approximate surface area is 160 Å². The third kappa shape index (κ3) is 3.24. The molecule has 5 rings (SSSR count). The summed E-state index contributed by atoms with van der Waals surface area (Å²) in [6.45, 7) is 2.09. The van der Waals surface area contributed by atoms with Crippen LogP contribution in [0.15, 0.2) is 23.1 Å². The number of nitrogens with one attached hydrogen (secondary N) is 1. The number of halogens is 2. The molecule has 0 spiro atoms. The van der Waals surface area contributed by atoms with Crippen molar-refractivity contribution in [3.8, 4) is 0 Å². The Morgan fingerprint density at radius 2 is 1.68 bits per heavy atom. The molecular weight excluding hydrogens is 377 g/mol. The van der Waals surface area contributed by atoms with Gasteiger partial charge in [0, 0.05) is 11.1 Å². The molecule has 0 unspecified atom stereocenters. The Morgan fingerprint density at radius 3 is 2.20 bits per heavy atom. The molecule has 0 aliphatic heterocycles. The topological polar surface area (TPSA) is 46.2 Å². The number of rotatable bonds is 5. The van der Waals surface area contributed by atoms with E-state index in [1.165, 1.54) is 44.6 Å². The molecule has 0 aromatic heterocycles. The first-order valence-electron chi connectivity index (χ1n) is 9.29. The number of benzene rings is 1. The van der Waals surface area contributed by atoms with Crippen LogP contribution in [0.3, 0.4) is 0 Å². The molecular formula is C19H25Cl2NO2S. The van der Waals surface area contributed by atoms with Crippen LogP contribution >= 0.6 is 23.2 Å². The number of sulfonamides is 1. The normalized spacial score (nSPS) is 35.1. The zero-order valence-electron chi connectivity index (χ0n) is 14.5. The van der Waals surface area contributed by atoms with Crippen molar-refractivity contribution in [2.45, 2.75) is 62.8 Å². The summed E-state index contributed by atoms with van der Waals surface area (Å²) in [7, 11) is -3.68. The number of hydrogen-bond acceptors (Lipinski definition) is 2. The molecule has 25 heavy (non-hydrogen) atoms. The Bertz CT molecular complexity index is 742. The molecule has 1 atom stereocenters. The number of hydrogen-bond donors (Lipinski definition) is 1. The first kappa shape index (κ1) is 18.1. The fraction of sp³-hybridized carbons (Fsp3) is 0.684. The van der Waals surface area contributed by atoms with Crippen LogP contribution in [0.4, 0.5) is 0 Å². The third-order valence-corrected chi connectivity index (χ3v) is 8.90. The van der Waals surface area contributed by atoms with Gasteiger partial charge in [0.2, 0.25) is 10.0 Å². The molecule has 0 saturated heterocycles. The van der Waals surface area contributed by atoms with E-state index in [2.05, 4.69) is 11.6 Å². The van der Waals surface area contributed by atoms with Gasteiger partial charge in [-0.25, -0.2) is 13.1 Å². The summed E-state index contributed by atoms with van der Waals surface area (Å²) in [5.74, 6) is 2.37. The smallest absolute Gasteiger partial charge is 0.207 e. The lowest BCUT2D eigenvalue weighted by atomic mass is 9.47. The lowest BCUT2D eigenvalue weighted by Gasteiger charge is -2.59. The van der Waals surface area contributed by atoms with Gasteiger partial charge in [0.25, 0.3) is 0 Å². The van der Waals surface area contributed by atoms with Crippen LogP contribution in [0.25, 0.3) is 0 Å². The highest BCUT2D eigenvalue weighted by Crippen LogP contribution is 2.61. The Hall–Kier alpha value is -0.290. The van der Waals surface area contributed by atoms with Crippen molar-refractivity contribution in [2.75, 3.05) is 0 Å². The fourth-order valence-corrected chi connectivity index (χ4v) is 8.36. The quantitative estimate of drug-likeness (QED) is 0.730. The lowest BCUT2D eigenvalue weighted by Crippen LogP contribution is -2.56. The molecule has 4 saturated carbocycles. The van der Waals surface area contributed by atoms with E-state index in [0.29, 0.717) is 5.02 Å². The minimum absolute atomic E-state index is 0.0269. The monoisotopic (exact) mass is 401 g/mol. The average Bonchev–Trinajstić information content (AvgIpc) is 2.53. The van der Waals surface area contributed by atoms with Crippen LogP contribution in [-0.4, -0.2) is 14.5 Å². The molecule has 0 heterocycles. The van der Waals surface area contributed by atoms with Crippen molar-refractivity contribution in [1.82, 2.24) is 4.72 Å². The second kappa shape index (κ2) is 6.40. The van der Waals surface area contributed by atoms with Crippen LogP contribution in [-0.2, 0) is 10.0 Å². The summed E-state index contributed by atoms with van der Waals surface area (Å²) in [5, 5.41) is 0.602. The molecule has 138 valence electrons. The van der Waals surface area contributed by atoms with E-state index in [1.54, 1.807) is 12.1 Å². The van der Waals surface area contributed by atoms with Gasteiger partial charge in [0.05, 0.1) is 5.02 Å². The van der Waals surface area contributed by atoms with Crippen molar-refractivity contribution in [3.63, 3.8) is 0 Å². The predicted molar refractivity (Wildman–Crippen MR) is 101 cm³/mol. The largest absolute Gasteiger partial charge is 0.242 e. The summed E-state index contributed by atoms with van der Waals surface area (Å²) in [5.41, 5.74) is 0.127. The van der Waals surface area contributed by atoms with E-state index in [9.17, 15) is 8.42 Å². The minimum atomic E-state index is -3.68. The first-order chi connectivity index (χ1) is 11.8. The molecule has 4 aliphatic rings. The van der Waals surface area contributed by atoms with E-state index < -0.39 is 10.0 Å². The van der Waals surface area contributed by atoms with Gasteiger partial charge in [-0.1, -0.05) is 30.1 Å². The highest BCUT2D eigenvalue weighted by atomic mass is 35.5. The van der Waals surface area contributed by atoms with Crippen LogP contribution in [0.1, 0.15) is 51.9 Å². The van der Waals surface area contributed by atoms with E-state index in [1.807, 2.05) is 0 Å². The van der Waals surface area contributed by atoms with E-state index in [0.717, 1.165) is 24.2 Å². The molecule has 0 radical (unpaired) electrons. The molecule has 4 bridgehead atoms. The minimum Gasteiger partial charge on any atom is -0.207 e. The van der Waals surface area contributed by atoms with E-state index in [4.69, 9.17) is 23.2 Å². The molecule has 6 heteroatoms. The van der Waals surface area contributed by atoms with Gasteiger partial charge in [-0.2, -0.15) is 0 Å². The molecule has 3 nitrogen and oxygen atoms in total. The summed E-state index contributed by atoms with van der Waals surface area (Å²) >= 11 is 12.1. The average molecular weight is 402 g/mol. The lowest BCUT2D eigenvalue weighted by molar-refractivity contribution is -0.0704. The van der Waals surface area contributed by atoms with Crippen molar-refractivity contribution < 1.29 is 8.42 Å². The molecule has 1 aromatic rings. The van der Waals surface area contributed by atoms with Crippen molar-refractivity contribution in [1.29, 1.82) is 0 Å². The second-order valence-electron chi connectivity index (χ2n) is 8.44. The van der Waals surface area contributed by atoms with E-state index in [-0.39, 0.29) is 21.4 Å². The zero-order chi connectivity index (χ0) is 17.8. The van der Waals surface area contributed by atoms with Crippen molar-refractivity contribution in [2.24, 2.45) is 23.2 Å². The van der Waals surface area contributed by atoms with Gasteiger partial charge in [-0.3, -0.25) is 0 Å². The predicted octanol–water partition coefficient (Wildman–Crippen LogP) is 5.27. The van der Waals surface area contributed by atoms with Crippen molar-refractivity contribution >= 4 is 33.2 Å². The highest BCUT2D eigenvalue weighted by Gasteiger charge is 2.54. The van der Waals surface area contributed by atoms with Gasteiger partial charge >= 0.3 is 0 Å². The van der Waals surface area contributed by atoms with E-state index >= 15 is 0 Å². The van der Waals surface area contributed by atoms with Gasteiger partial charge in [0.1, 0.15) is 4.90 Å². The Kier molecular flexibility index (Phi) is 4.63. The third-order valence-electron chi connectivity index (χ3n) is 6.71. The maximum atomic E-state index is 13.0. The molecule has 4 aliphatic carbocycles. The van der Waals surface area contributed by atoms with Gasteiger partial charge in [0.15, 0.2) is 0 Å². The van der Waals surface area contributed by atoms with Gasteiger partial charge in [-0.05, 0) is 86.3 Å². The summed E-state index contributed by atoms with van der Waals surface area (Å²) < 4.78 is 29.0. The molecule has 1 aromatic carbocycles. The summed E-state index contributed by atoms with van der Waals surface area (Å²) in [4.78, 5) is 0.0878. The van der Waals surface area contributed by atoms with Crippen LogP contribution < -0.4 is 4.72 Å². The van der Waals surface area contributed by atoms with Gasteiger partial charge in [-0.15, -0.1) is 0 Å². The first-order valence-corrected chi connectivity index (χ1v) is 11.5. The van der Waals surface area contributed by atoms with Gasteiger partial charge < -0.3 is 0 Å². The zero-order valence-corrected chi connectivity index (χ0v) is 16.8. The maximum absolute atomic E-state index is 13.0. The summed E-state index contributed by atoms with van der Waals surface area (Å²) in [6.07, 6.45) is 8.37. The highest BCUT2D eigenvalue weighted by molar-refractivity contribution is 7.89. The van der Waals surface area contributed by atoms with Crippen LogP contribution in [0, 0.1) is 23.2 Å². The maximum Gasteiger partial charge on any atom is 0.242 e. The fourth-order valence-electron chi connectivity index (χ4n) is 6.18. The summed E-state index contributed by atoms with van der Waals surface area (Å²) in [6, 6.07) is 4.57. The Morgan fingerprint density at radius 1 is 1.12 bits per heavy atom. The van der Waals surface area contributed by atoms with Crippen LogP contribution in [0.5, 0.6) is 0 Å². The van der Waals surface area contributed by atoms with Crippen LogP contribution in [0.2, 0.25) is 10.0 Å². The molecule has 0 amide bonds. The standard InChI is InChI=1S/C19H25Cl2NO2S/c1-2-18(19-9-12-5-13(10-19)7-14(6-12)11-19)22-25(23,24)17-8-15(20)3-4-16(17)21/h3-4,8,12-14,18,22H,2,5-7,9-11H2,1H3/t12?,13?,14?,18-,19?/m0/s1. The Balaban J connectivity index is 1.63. The molecule has 4 fully saturated rings.